The van der Waals surface area contributed by atoms with Crippen LogP contribution in [0.2, 0.25) is 0 Å². The fourth-order valence-corrected chi connectivity index (χ4v) is 2.08. The minimum absolute atomic E-state index is 0.223. The molecule has 0 spiro atoms. The maximum Gasteiger partial charge on any atom is 0.0662 e. The molecule has 2 unspecified atom stereocenters. The van der Waals surface area contributed by atoms with Crippen molar-refractivity contribution in [3.63, 3.8) is 0 Å². The van der Waals surface area contributed by atoms with Gasteiger partial charge in [-0.15, -0.1) is 0 Å². The molecule has 2 heteroatoms. The highest BCUT2D eigenvalue weighted by Crippen LogP contribution is 2.35. The van der Waals surface area contributed by atoms with Gasteiger partial charge in [0, 0.05) is 12.1 Å². The highest BCUT2D eigenvalue weighted by Gasteiger charge is 2.27. The van der Waals surface area contributed by atoms with E-state index in [-0.39, 0.29) is 12.1 Å². The van der Waals surface area contributed by atoms with E-state index in [0.717, 1.165) is 0 Å². The largest absolute Gasteiger partial charge is 0.392 e. The Balaban J connectivity index is 2.29. The molecule has 1 saturated carbocycles. The van der Waals surface area contributed by atoms with E-state index in [1.54, 1.807) is 0 Å². The second kappa shape index (κ2) is 4.63. The average molecular weight is 199 g/mol. The second-order valence-electron chi connectivity index (χ2n) is 5.63. The van der Waals surface area contributed by atoms with Crippen molar-refractivity contribution in [1.82, 2.24) is 5.32 Å². The number of hydrogen-bond acceptors (Lipinski definition) is 2. The molecule has 1 rings (SSSR count). The quantitative estimate of drug-likeness (QED) is 0.731. The summed E-state index contributed by atoms with van der Waals surface area (Å²) in [6, 6.07) is 0.842. The van der Waals surface area contributed by atoms with Crippen molar-refractivity contribution in [2.75, 3.05) is 0 Å². The zero-order valence-corrected chi connectivity index (χ0v) is 10.0. The topological polar surface area (TPSA) is 32.3 Å². The fourth-order valence-electron chi connectivity index (χ4n) is 2.08. The molecule has 0 saturated heterocycles. The Kier molecular flexibility index (Phi) is 3.96. The van der Waals surface area contributed by atoms with Crippen LogP contribution >= 0.6 is 0 Å². The molecule has 84 valence electrons. The molecule has 0 heterocycles. The molecule has 14 heavy (non-hydrogen) atoms. The lowest BCUT2D eigenvalue weighted by Crippen LogP contribution is -2.44. The Morgan fingerprint density at radius 2 is 1.71 bits per heavy atom. The van der Waals surface area contributed by atoms with Crippen LogP contribution in [0.5, 0.6) is 0 Å². The van der Waals surface area contributed by atoms with E-state index in [0.29, 0.717) is 11.5 Å². The summed E-state index contributed by atoms with van der Waals surface area (Å²) in [7, 11) is 0. The van der Waals surface area contributed by atoms with Crippen LogP contribution < -0.4 is 5.32 Å². The summed E-state index contributed by atoms with van der Waals surface area (Å²) in [5.74, 6) is 0. The molecule has 0 amide bonds. The molecular formula is C12H25NO. The third-order valence-electron chi connectivity index (χ3n) is 3.56. The van der Waals surface area contributed by atoms with Gasteiger partial charge in [0.25, 0.3) is 0 Å². The van der Waals surface area contributed by atoms with E-state index in [1.165, 1.54) is 25.7 Å². The summed E-state index contributed by atoms with van der Waals surface area (Å²) in [5, 5.41) is 12.9. The molecule has 1 aliphatic carbocycles. The highest BCUT2D eigenvalue weighted by atomic mass is 16.3. The van der Waals surface area contributed by atoms with Gasteiger partial charge in [-0.25, -0.2) is 0 Å². The molecular weight excluding hydrogens is 174 g/mol. The summed E-state index contributed by atoms with van der Waals surface area (Å²) in [4.78, 5) is 0. The van der Waals surface area contributed by atoms with Crippen LogP contribution in [0.4, 0.5) is 0 Å². The first-order chi connectivity index (χ1) is 6.41. The highest BCUT2D eigenvalue weighted by molar-refractivity contribution is 4.84. The van der Waals surface area contributed by atoms with Crippen molar-refractivity contribution < 1.29 is 5.11 Å². The first-order valence-corrected chi connectivity index (χ1v) is 5.85. The fraction of sp³-hybridized carbons (Fsp3) is 1.00. The summed E-state index contributed by atoms with van der Waals surface area (Å²) < 4.78 is 0. The maximum atomic E-state index is 9.39. The molecule has 2 N–H and O–H groups in total. The standard InChI is InChI=1S/C12H25NO/c1-9(10(2)14)13-11-5-7-12(3,4)8-6-11/h9-11,13-14H,5-8H2,1-4H3. The van der Waals surface area contributed by atoms with Crippen LogP contribution in [0.15, 0.2) is 0 Å². The van der Waals surface area contributed by atoms with Crippen LogP contribution in [0.3, 0.4) is 0 Å². The van der Waals surface area contributed by atoms with Crippen molar-refractivity contribution >= 4 is 0 Å². The monoisotopic (exact) mass is 199 g/mol. The van der Waals surface area contributed by atoms with Crippen LogP contribution in [-0.2, 0) is 0 Å². The summed E-state index contributed by atoms with van der Waals surface area (Å²) in [6.07, 6.45) is 4.87. The smallest absolute Gasteiger partial charge is 0.0662 e. The molecule has 2 atom stereocenters. The van der Waals surface area contributed by atoms with Gasteiger partial charge in [0.05, 0.1) is 6.10 Å². The Bertz CT molecular complexity index is 167. The van der Waals surface area contributed by atoms with Crippen molar-refractivity contribution in [2.45, 2.75) is 71.6 Å². The summed E-state index contributed by atoms with van der Waals surface area (Å²) >= 11 is 0. The van der Waals surface area contributed by atoms with Gasteiger partial charge in [-0.2, -0.15) is 0 Å². The minimum Gasteiger partial charge on any atom is -0.392 e. The molecule has 1 fully saturated rings. The Hall–Kier alpha value is -0.0800. The van der Waals surface area contributed by atoms with E-state index in [4.69, 9.17) is 0 Å². The van der Waals surface area contributed by atoms with Gasteiger partial charge in [-0.3, -0.25) is 0 Å². The van der Waals surface area contributed by atoms with Crippen molar-refractivity contribution in [3.05, 3.63) is 0 Å². The summed E-state index contributed by atoms with van der Waals surface area (Å²) in [6.45, 7) is 8.61. The van der Waals surface area contributed by atoms with Gasteiger partial charge in [-0.05, 0) is 44.9 Å². The lowest BCUT2D eigenvalue weighted by Gasteiger charge is -2.36. The molecule has 0 aromatic heterocycles. The van der Waals surface area contributed by atoms with Crippen LogP contribution in [0, 0.1) is 5.41 Å². The third kappa shape index (κ3) is 3.58. The molecule has 0 radical (unpaired) electrons. The normalized spacial score (nSPS) is 27.2. The van der Waals surface area contributed by atoms with Crippen molar-refractivity contribution in [2.24, 2.45) is 5.41 Å². The molecule has 1 aliphatic rings. The molecule has 0 aliphatic heterocycles. The Morgan fingerprint density at radius 3 is 2.14 bits per heavy atom. The van der Waals surface area contributed by atoms with Gasteiger partial charge in [0.1, 0.15) is 0 Å². The zero-order valence-electron chi connectivity index (χ0n) is 10.0. The molecule has 0 bridgehead atoms. The minimum atomic E-state index is -0.245. The molecule has 0 aromatic rings. The second-order valence-corrected chi connectivity index (χ2v) is 5.63. The van der Waals surface area contributed by atoms with E-state index in [2.05, 4.69) is 26.1 Å². The first-order valence-electron chi connectivity index (χ1n) is 5.85. The zero-order chi connectivity index (χ0) is 10.8. The lowest BCUT2D eigenvalue weighted by atomic mass is 9.75. The maximum absolute atomic E-state index is 9.39. The predicted molar refractivity (Wildman–Crippen MR) is 60.3 cm³/mol. The van der Waals surface area contributed by atoms with Crippen molar-refractivity contribution in [1.29, 1.82) is 0 Å². The van der Waals surface area contributed by atoms with Crippen molar-refractivity contribution in [3.8, 4) is 0 Å². The number of rotatable bonds is 3. The predicted octanol–water partition coefficient (Wildman–Crippen LogP) is 2.31. The number of nitrogens with one attached hydrogen (secondary N) is 1. The van der Waals surface area contributed by atoms with E-state index >= 15 is 0 Å². The van der Waals surface area contributed by atoms with Gasteiger partial charge in [0.2, 0.25) is 0 Å². The lowest BCUT2D eigenvalue weighted by molar-refractivity contribution is 0.128. The van der Waals surface area contributed by atoms with Crippen LogP contribution in [0.1, 0.15) is 53.4 Å². The van der Waals surface area contributed by atoms with Crippen LogP contribution in [0.25, 0.3) is 0 Å². The number of hydrogen-bond donors (Lipinski definition) is 2. The van der Waals surface area contributed by atoms with Gasteiger partial charge >= 0.3 is 0 Å². The molecule has 0 aromatic carbocycles. The Labute approximate surface area is 88.1 Å². The van der Waals surface area contributed by atoms with E-state index in [9.17, 15) is 5.11 Å². The van der Waals surface area contributed by atoms with Crippen LogP contribution in [-0.4, -0.2) is 23.3 Å². The van der Waals surface area contributed by atoms with Gasteiger partial charge < -0.3 is 10.4 Å². The number of aliphatic hydroxyl groups is 1. The van der Waals surface area contributed by atoms with E-state index < -0.39 is 0 Å². The van der Waals surface area contributed by atoms with E-state index in [1.807, 2.05) is 6.92 Å². The SMILES string of the molecule is CC(O)C(C)NC1CCC(C)(C)CC1. The third-order valence-corrected chi connectivity index (χ3v) is 3.56. The first kappa shape index (κ1) is 12.0. The average Bonchev–Trinajstić information content (AvgIpc) is 2.08. The number of aliphatic hydroxyl groups excluding tert-OH is 1. The van der Waals surface area contributed by atoms with Gasteiger partial charge in [-0.1, -0.05) is 13.8 Å². The molecule has 2 nitrogen and oxygen atoms in total. The Morgan fingerprint density at radius 1 is 1.21 bits per heavy atom. The van der Waals surface area contributed by atoms with Gasteiger partial charge in [0.15, 0.2) is 0 Å². The summed E-state index contributed by atoms with van der Waals surface area (Å²) in [5.41, 5.74) is 0.534.